The largest absolute Gasteiger partial charge is 0.478 e. The van der Waals surface area contributed by atoms with Gasteiger partial charge in [0, 0.05) is 10.2 Å². The van der Waals surface area contributed by atoms with E-state index in [2.05, 4.69) is 25.9 Å². The smallest absolute Gasteiger partial charge is 0.335 e. The molecule has 0 saturated heterocycles. The molecule has 0 fully saturated rings. The number of aromatic amines is 1. The molecule has 1 aromatic carbocycles. The lowest BCUT2D eigenvalue weighted by molar-refractivity contribution is 0.0697. The van der Waals surface area contributed by atoms with Crippen molar-refractivity contribution in [2.24, 2.45) is 10.7 Å². The van der Waals surface area contributed by atoms with Gasteiger partial charge in [-0.2, -0.15) is 0 Å². The fourth-order valence-electron chi connectivity index (χ4n) is 1.73. The molecule has 0 atom stereocenters. The lowest BCUT2D eigenvalue weighted by atomic mass is 10.1. The minimum atomic E-state index is -0.984. The number of hydrogen-bond acceptors (Lipinski definition) is 2. The van der Waals surface area contributed by atoms with E-state index in [0.29, 0.717) is 15.9 Å². The third kappa shape index (κ3) is 2.77. The van der Waals surface area contributed by atoms with Crippen molar-refractivity contribution in [2.75, 3.05) is 0 Å². The Hall–Kier alpha value is -2.41. The number of amidine groups is 1. The Morgan fingerprint density at radius 2 is 2.20 bits per heavy atom. The lowest BCUT2D eigenvalue weighted by Crippen LogP contribution is -2.14. The van der Waals surface area contributed by atoms with Crippen LogP contribution in [0.2, 0.25) is 0 Å². The van der Waals surface area contributed by atoms with Crippen molar-refractivity contribution in [1.29, 1.82) is 5.41 Å². The molecule has 0 bridgehead atoms. The molecule has 2 aromatic rings. The van der Waals surface area contributed by atoms with E-state index in [1.165, 1.54) is 6.07 Å². The highest BCUT2D eigenvalue weighted by atomic mass is 79.9. The zero-order chi connectivity index (χ0) is 14.7. The van der Waals surface area contributed by atoms with Crippen LogP contribution in [-0.2, 0) is 0 Å². The van der Waals surface area contributed by atoms with Crippen molar-refractivity contribution in [3.63, 3.8) is 0 Å². The van der Waals surface area contributed by atoms with E-state index in [1.807, 2.05) is 0 Å². The Bertz CT molecular complexity index is 706. The molecule has 0 unspecified atom stereocenters. The second kappa shape index (κ2) is 5.70. The molecule has 0 aliphatic rings. The number of aromatic carboxylic acids is 1. The number of aromatic nitrogens is 1. The number of hydrogen-bond donors (Lipinski definition) is 4. The predicted molar refractivity (Wildman–Crippen MR) is 80.4 cm³/mol. The van der Waals surface area contributed by atoms with Crippen LogP contribution in [0.25, 0.3) is 11.3 Å². The quantitative estimate of drug-likeness (QED) is 0.508. The summed E-state index contributed by atoms with van der Waals surface area (Å²) >= 11 is 3.35. The molecular weight excluding hydrogens is 324 g/mol. The van der Waals surface area contributed by atoms with E-state index in [1.54, 1.807) is 24.3 Å². The number of carbonyl (C=O) groups is 1. The second-order valence-corrected chi connectivity index (χ2v) is 4.79. The van der Waals surface area contributed by atoms with Crippen LogP contribution in [0.4, 0.5) is 0 Å². The van der Waals surface area contributed by atoms with Gasteiger partial charge in [-0.3, -0.25) is 5.41 Å². The van der Waals surface area contributed by atoms with Gasteiger partial charge in [0.15, 0.2) is 0 Å². The first-order valence-electron chi connectivity index (χ1n) is 5.57. The van der Waals surface area contributed by atoms with Gasteiger partial charge in [-0.15, -0.1) is 0 Å². The number of nitrogens with one attached hydrogen (secondary N) is 2. The van der Waals surface area contributed by atoms with Crippen LogP contribution < -0.4 is 5.73 Å². The molecule has 0 aliphatic carbocycles. The molecule has 0 amide bonds. The summed E-state index contributed by atoms with van der Waals surface area (Å²) in [5.41, 5.74) is 7.90. The van der Waals surface area contributed by atoms with Gasteiger partial charge in [-0.25, -0.2) is 9.79 Å². The average Bonchev–Trinajstić information content (AvgIpc) is 2.81. The first kappa shape index (κ1) is 14.0. The Balaban J connectivity index is 2.47. The van der Waals surface area contributed by atoms with Crippen LogP contribution >= 0.6 is 15.9 Å². The van der Waals surface area contributed by atoms with E-state index in [0.717, 1.165) is 11.9 Å². The summed E-state index contributed by atoms with van der Waals surface area (Å²) in [6.45, 7) is 0. The highest BCUT2D eigenvalue weighted by Crippen LogP contribution is 2.26. The fraction of sp³-hybridized carbons (Fsp3) is 0. The van der Waals surface area contributed by atoms with Crippen LogP contribution in [0.15, 0.2) is 39.8 Å². The molecule has 0 radical (unpaired) electrons. The number of carboxylic acids is 1. The molecule has 0 aliphatic heterocycles. The third-order valence-electron chi connectivity index (χ3n) is 2.65. The van der Waals surface area contributed by atoms with Crippen molar-refractivity contribution >= 4 is 34.1 Å². The topological polar surface area (TPSA) is 115 Å². The highest BCUT2D eigenvalue weighted by molar-refractivity contribution is 9.10. The normalized spacial score (nSPS) is 11.3. The van der Waals surface area contributed by atoms with Crippen LogP contribution in [0.3, 0.4) is 0 Å². The first-order valence-corrected chi connectivity index (χ1v) is 6.37. The lowest BCUT2D eigenvalue weighted by Gasteiger charge is -2.00. The van der Waals surface area contributed by atoms with E-state index in [-0.39, 0.29) is 11.4 Å². The van der Waals surface area contributed by atoms with E-state index >= 15 is 0 Å². The van der Waals surface area contributed by atoms with Crippen LogP contribution in [-0.4, -0.2) is 28.2 Å². The molecule has 20 heavy (non-hydrogen) atoms. The van der Waals surface area contributed by atoms with E-state index < -0.39 is 5.97 Å². The molecule has 6 nitrogen and oxygen atoms in total. The molecule has 102 valence electrons. The summed E-state index contributed by atoms with van der Waals surface area (Å²) in [5, 5.41) is 15.9. The number of benzene rings is 1. The maximum Gasteiger partial charge on any atom is 0.335 e. The minimum absolute atomic E-state index is 0.174. The fourth-order valence-corrected chi connectivity index (χ4v) is 2.26. The van der Waals surface area contributed by atoms with Gasteiger partial charge in [0.25, 0.3) is 0 Å². The van der Waals surface area contributed by atoms with Gasteiger partial charge < -0.3 is 15.8 Å². The van der Waals surface area contributed by atoms with E-state index in [4.69, 9.17) is 16.2 Å². The highest BCUT2D eigenvalue weighted by Gasteiger charge is 2.12. The first-order chi connectivity index (χ1) is 9.52. The minimum Gasteiger partial charge on any atom is -0.478 e. The standard InChI is InChI=1S/C13H11BrN4O2/c14-9-5-10(18-11(9)12(16)17-6-15)7-2-1-3-8(4-7)13(19)20/h1-6,18H,(H,19,20)(H3,15,16,17). The van der Waals surface area contributed by atoms with Gasteiger partial charge >= 0.3 is 5.97 Å². The summed E-state index contributed by atoms with van der Waals surface area (Å²) in [7, 11) is 0. The van der Waals surface area contributed by atoms with Gasteiger partial charge in [0.2, 0.25) is 0 Å². The van der Waals surface area contributed by atoms with Gasteiger partial charge in [-0.1, -0.05) is 12.1 Å². The van der Waals surface area contributed by atoms with Crippen molar-refractivity contribution < 1.29 is 9.90 Å². The predicted octanol–water partition coefficient (Wildman–Crippen LogP) is 2.45. The summed E-state index contributed by atoms with van der Waals surface area (Å²) in [6, 6.07) is 8.33. The number of aliphatic imine (C=N–C) groups is 1. The molecule has 0 spiro atoms. The van der Waals surface area contributed by atoms with Gasteiger partial charge in [-0.05, 0) is 39.7 Å². The molecule has 7 heteroatoms. The number of rotatable bonds is 4. The monoisotopic (exact) mass is 334 g/mol. The Kier molecular flexibility index (Phi) is 3.99. The summed E-state index contributed by atoms with van der Waals surface area (Å²) in [4.78, 5) is 17.7. The maximum absolute atomic E-state index is 11.0. The SMILES string of the molecule is N=C/N=C(/N)c1[nH]c(-c2cccc(C(=O)O)c2)cc1Br. The van der Waals surface area contributed by atoms with Gasteiger partial charge in [0.05, 0.1) is 11.3 Å². The van der Waals surface area contributed by atoms with Crippen molar-refractivity contribution in [2.45, 2.75) is 0 Å². The van der Waals surface area contributed by atoms with E-state index in [9.17, 15) is 4.79 Å². The Morgan fingerprint density at radius 1 is 1.45 bits per heavy atom. The number of halogens is 1. The second-order valence-electron chi connectivity index (χ2n) is 3.94. The van der Waals surface area contributed by atoms with Gasteiger partial charge in [0.1, 0.15) is 12.2 Å². The molecule has 2 rings (SSSR count). The zero-order valence-corrected chi connectivity index (χ0v) is 11.8. The Morgan fingerprint density at radius 3 is 2.85 bits per heavy atom. The summed E-state index contributed by atoms with van der Waals surface area (Å²) in [6.07, 6.45) is 0.855. The van der Waals surface area contributed by atoms with Crippen molar-refractivity contribution in [3.8, 4) is 11.3 Å². The van der Waals surface area contributed by atoms with Crippen molar-refractivity contribution in [3.05, 3.63) is 46.1 Å². The molecular formula is C13H11BrN4O2. The average molecular weight is 335 g/mol. The van der Waals surface area contributed by atoms with Crippen LogP contribution in [0, 0.1) is 5.41 Å². The van der Waals surface area contributed by atoms with Crippen molar-refractivity contribution in [1.82, 2.24) is 4.98 Å². The number of H-pyrrole nitrogens is 1. The molecule has 0 saturated carbocycles. The number of carboxylic acid groups (broad SMARTS) is 1. The Labute approximate surface area is 123 Å². The molecule has 1 aromatic heterocycles. The molecule has 5 N–H and O–H groups in total. The van der Waals surface area contributed by atoms with Crippen LogP contribution in [0.5, 0.6) is 0 Å². The molecule has 1 heterocycles. The number of nitrogens with two attached hydrogens (primary N) is 1. The number of nitrogens with zero attached hydrogens (tertiary/aromatic N) is 1. The summed E-state index contributed by atoms with van der Waals surface area (Å²) < 4.78 is 0.691. The third-order valence-corrected chi connectivity index (χ3v) is 3.28. The van der Waals surface area contributed by atoms with Crippen LogP contribution in [0.1, 0.15) is 16.1 Å². The zero-order valence-electron chi connectivity index (χ0n) is 10.2. The summed E-state index contributed by atoms with van der Waals surface area (Å²) in [5.74, 6) is -0.810. The maximum atomic E-state index is 11.0.